The molecule has 0 aliphatic heterocycles. The van der Waals surface area contributed by atoms with Crippen molar-refractivity contribution in [1.29, 1.82) is 0 Å². The van der Waals surface area contributed by atoms with E-state index in [0.29, 0.717) is 17.8 Å². The van der Waals surface area contributed by atoms with Crippen LogP contribution in [0.3, 0.4) is 0 Å². The van der Waals surface area contributed by atoms with Gasteiger partial charge in [-0.25, -0.2) is 0 Å². The number of fused-ring (bicyclic) bond motifs is 5. The van der Waals surface area contributed by atoms with Crippen molar-refractivity contribution in [2.24, 2.45) is 29.1 Å². The second-order valence-electron chi connectivity index (χ2n) is 11.3. The minimum atomic E-state index is -5.69. The Morgan fingerprint density at radius 2 is 1.71 bits per heavy atom. The molecule has 8 heteroatoms. The fourth-order valence-electron chi connectivity index (χ4n) is 8.60. The maximum absolute atomic E-state index is 12.7. The Balaban J connectivity index is 1.49. The molecule has 4 saturated carbocycles. The van der Waals surface area contributed by atoms with E-state index in [9.17, 15) is 26.7 Å². The van der Waals surface area contributed by atoms with Crippen LogP contribution in [0.1, 0.15) is 89.0 Å². The first-order chi connectivity index (χ1) is 16.0. The summed E-state index contributed by atoms with van der Waals surface area (Å²) in [6, 6.07) is 6.20. The molecular weight excluding hydrogens is 465 g/mol. The van der Waals surface area contributed by atoms with Gasteiger partial charge in [-0.3, -0.25) is 0 Å². The summed E-state index contributed by atoms with van der Waals surface area (Å²) in [4.78, 5) is 0. The molecule has 0 spiro atoms. The second kappa shape index (κ2) is 8.39. The first kappa shape index (κ1) is 24.4. The van der Waals surface area contributed by atoms with Crippen LogP contribution in [0.15, 0.2) is 24.3 Å². The minimum Gasteiger partial charge on any atom is -0.390 e. The van der Waals surface area contributed by atoms with Crippen LogP contribution in [-0.4, -0.2) is 24.6 Å². The average Bonchev–Trinajstić information content (AvgIpc) is 3.22. The Morgan fingerprint density at radius 3 is 2.38 bits per heavy atom. The molecule has 0 amide bonds. The van der Waals surface area contributed by atoms with Crippen molar-refractivity contribution < 1.29 is 30.9 Å². The smallest absolute Gasteiger partial charge is 0.390 e. The van der Waals surface area contributed by atoms with Crippen LogP contribution in [0.5, 0.6) is 5.75 Å². The third-order valence-electron chi connectivity index (χ3n) is 10.0. The fourth-order valence-corrected chi connectivity index (χ4v) is 9.05. The summed E-state index contributed by atoms with van der Waals surface area (Å²) in [6.07, 6.45) is 11.9. The van der Waals surface area contributed by atoms with Gasteiger partial charge in [0.1, 0.15) is 5.75 Å². The lowest BCUT2D eigenvalue weighted by atomic mass is 9.45. The van der Waals surface area contributed by atoms with Crippen molar-refractivity contribution in [3.8, 4) is 5.75 Å². The van der Waals surface area contributed by atoms with Gasteiger partial charge >= 0.3 is 15.6 Å². The van der Waals surface area contributed by atoms with E-state index in [1.807, 2.05) is 0 Å². The number of alkyl halides is 3. The van der Waals surface area contributed by atoms with E-state index in [2.05, 4.69) is 11.1 Å². The monoisotopic (exact) mass is 500 g/mol. The molecule has 4 aliphatic rings. The Bertz CT molecular complexity index is 1010. The van der Waals surface area contributed by atoms with Crippen LogP contribution in [0.25, 0.3) is 0 Å². The number of halogens is 3. The zero-order valence-electron chi connectivity index (χ0n) is 19.7. The normalized spacial score (nSPS) is 40.2. The Morgan fingerprint density at radius 1 is 1.00 bits per heavy atom. The summed E-state index contributed by atoms with van der Waals surface area (Å²) >= 11 is 0. The highest BCUT2D eigenvalue weighted by molar-refractivity contribution is 7.88. The molecule has 34 heavy (non-hydrogen) atoms. The van der Waals surface area contributed by atoms with Crippen molar-refractivity contribution in [1.82, 2.24) is 0 Å². The molecule has 1 N–H and O–H groups in total. The summed E-state index contributed by atoms with van der Waals surface area (Å²) < 4.78 is 65.4. The first-order valence-electron chi connectivity index (χ1n) is 12.8. The summed E-state index contributed by atoms with van der Waals surface area (Å²) in [6.45, 7) is 2.29. The van der Waals surface area contributed by atoms with Gasteiger partial charge in [0, 0.05) is 0 Å². The summed E-state index contributed by atoms with van der Waals surface area (Å²) in [7, 11) is -5.69. The highest BCUT2D eigenvalue weighted by Crippen LogP contribution is 2.67. The van der Waals surface area contributed by atoms with Crippen molar-refractivity contribution in [3.05, 3.63) is 29.8 Å². The standard InChI is InChI=1S/C26H35F3O4S/c1-2-24-13-5-7-21(24)19-12-15-25(30)14-4-3-6-22(25)23(19)20(16-24)17-8-10-18(11-9-17)33-34(31,32)26(27,28)29/h8-11,19-23,30H,2-7,12-16H2,1H3/t19-,20+,21-,22+,23+,24-,25-/m0/s1. The first-order valence-corrected chi connectivity index (χ1v) is 14.2. The molecular formula is C26H35F3O4S. The number of benzene rings is 1. The lowest BCUT2D eigenvalue weighted by Crippen LogP contribution is -2.57. The number of hydrogen-bond donors (Lipinski definition) is 1. The van der Waals surface area contributed by atoms with Crippen LogP contribution in [0.4, 0.5) is 13.2 Å². The molecule has 4 nitrogen and oxygen atoms in total. The molecule has 0 heterocycles. The van der Waals surface area contributed by atoms with E-state index in [4.69, 9.17) is 0 Å². The van der Waals surface area contributed by atoms with Crippen LogP contribution in [0.2, 0.25) is 0 Å². The summed E-state index contributed by atoms with van der Waals surface area (Å²) in [5, 5.41) is 11.6. The van der Waals surface area contributed by atoms with E-state index >= 15 is 0 Å². The minimum absolute atomic E-state index is 0.211. The molecule has 0 bridgehead atoms. The van der Waals surface area contributed by atoms with Gasteiger partial charge < -0.3 is 9.29 Å². The third kappa shape index (κ3) is 3.87. The maximum Gasteiger partial charge on any atom is 0.534 e. The quantitative estimate of drug-likeness (QED) is 0.376. The number of hydrogen-bond acceptors (Lipinski definition) is 4. The Labute approximate surface area is 200 Å². The predicted octanol–water partition coefficient (Wildman–Crippen LogP) is 6.55. The number of rotatable bonds is 4. The lowest BCUT2D eigenvalue weighted by molar-refractivity contribution is -0.157. The Kier molecular flexibility index (Phi) is 6.03. The van der Waals surface area contributed by atoms with Gasteiger partial charge in [-0.15, -0.1) is 0 Å². The lowest BCUT2D eigenvalue weighted by Gasteiger charge is -2.61. The third-order valence-corrected chi connectivity index (χ3v) is 11.0. The van der Waals surface area contributed by atoms with Gasteiger partial charge in [0.25, 0.3) is 0 Å². The van der Waals surface area contributed by atoms with Crippen molar-refractivity contribution in [2.75, 3.05) is 0 Å². The largest absolute Gasteiger partial charge is 0.534 e. The zero-order chi connectivity index (χ0) is 24.4. The SMILES string of the molecule is CC[C@@]12CCC[C@H]1[C@@H]1CC[C@@]3(O)CCCC[C@@H]3[C@H]1[C@@H](c1ccc(OS(=O)(=O)C(F)(F)F)cc1)C2. The van der Waals surface area contributed by atoms with Crippen molar-refractivity contribution in [3.63, 3.8) is 0 Å². The molecule has 190 valence electrons. The molecule has 0 radical (unpaired) electrons. The van der Waals surface area contributed by atoms with E-state index in [1.165, 1.54) is 31.4 Å². The van der Waals surface area contributed by atoms with Crippen LogP contribution in [0, 0.1) is 29.1 Å². The van der Waals surface area contributed by atoms with E-state index in [1.54, 1.807) is 12.1 Å². The zero-order valence-corrected chi connectivity index (χ0v) is 20.5. The van der Waals surface area contributed by atoms with Gasteiger partial charge in [-0.2, -0.15) is 21.6 Å². The summed E-state index contributed by atoms with van der Waals surface area (Å²) in [5.41, 5.74) is -4.75. The van der Waals surface area contributed by atoms with Crippen molar-refractivity contribution in [2.45, 2.75) is 94.6 Å². The molecule has 1 aromatic rings. The van der Waals surface area contributed by atoms with Gasteiger partial charge in [0.05, 0.1) is 5.60 Å². The van der Waals surface area contributed by atoms with Crippen molar-refractivity contribution >= 4 is 10.1 Å². The van der Waals surface area contributed by atoms with E-state index in [0.717, 1.165) is 56.9 Å². The molecule has 0 saturated heterocycles. The van der Waals surface area contributed by atoms with Gasteiger partial charge in [0.15, 0.2) is 0 Å². The topological polar surface area (TPSA) is 63.6 Å². The van der Waals surface area contributed by atoms with Gasteiger partial charge in [-0.1, -0.05) is 44.7 Å². The van der Waals surface area contributed by atoms with E-state index in [-0.39, 0.29) is 23.0 Å². The average molecular weight is 501 g/mol. The molecule has 1 aromatic carbocycles. The van der Waals surface area contributed by atoms with E-state index < -0.39 is 21.2 Å². The predicted molar refractivity (Wildman–Crippen MR) is 123 cm³/mol. The van der Waals surface area contributed by atoms with Crippen LogP contribution in [-0.2, 0) is 10.1 Å². The number of aliphatic hydroxyl groups is 1. The second-order valence-corrected chi connectivity index (χ2v) is 12.9. The molecule has 4 fully saturated rings. The fraction of sp³-hybridized carbons (Fsp3) is 0.769. The maximum atomic E-state index is 12.7. The summed E-state index contributed by atoms with van der Waals surface area (Å²) in [5.74, 6) is 1.74. The molecule has 0 unspecified atom stereocenters. The highest BCUT2D eigenvalue weighted by Gasteiger charge is 2.60. The molecule has 7 atom stereocenters. The molecule has 0 aromatic heterocycles. The molecule has 5 rings (SSSR count). The van der Waals surface area contributed by atoms with Gasteiger partial charge in [-0.05, 0) is 97.6 Å². The Hall–Kier alpha value is -1.28. The van der Waals surface area contributed by atoms with Crippen LogP contribution >= 0.6 is 0 Å². The van der Waals surface area contributed by atoms with Gasteiger partial charge in [0.2, 0.25) is 0 Å². The molecule has 4 aliphatic carbocycles. The highest BCUT2D eigenvalue weighted by atomic mass is 32.2. The van der Waals surface area contributed by atoms with Crippen LogP contribution < -0.4 is 4.18 Å².